The summed E-state index contributed by atoms with van der Waals surface area (Å²) in [6, 6.07) is 0. The van der Waals surface area contributed by atoms with Gasteiger partial charge in [-0.3, -0.25) is 0 Å². The number of anilines is 1. The van der Waals surface area contributed by atoms with E-state index in [9.17, 15) is 4.79 Å². The summed E-state index contributed by atoms with van der Waals surface area (Å²) in [4.78, 5) is 20.7. The molecule has 6 heteroatoms. The van der Waals surface area contributed by atoms with E-state index < -0.39 is 0 Å². The van der Waals surface area contributed by atoms with Crippen LogP contribution in [-0.2, 0) is 4.74 Å². The molecule has 0 atom stereocenters. The number of methoxy groups -OCH3 is 1. The number of nitrogens with zero attached hydrogens (tertiary/aromatic N) is 3. The molecule has 1 heterocycles. The lowest BCUT2D eigenvalue weighted by atomic mass is 10.4. The van der Waals surface area contributed by atoms with Crippen molar-refractivity contribution < 1.29 is 9.53 Å². The van der Waals surface area contributed by atoms with E-state index in [1.54, 1.807) is 0 Å². The number of carbonyl (C=O) groups excluding carboxylic acids is 1. The number of thiazole rings is 1. The largest absolute Gasteiger partial charge is 0.465 e. The summed E-state index contributed by atoms with van der Waals surface area (Å²) in [7, 11) is 7.50. The Hall–Kier alpha value is -1.14. The van der Waals surface area contributed by atoms with Gasteiger partial charge < -0.3 is 14.5 Å². The predicted molar refractivity (Wildman–Crippen MR) is 74.6 cm³/mol. The molecule has 0 saturated carbocycles. The van der Waals surface area contributed by atoms with Crippen LogP contribution in [0.2, 0.25) is 0 Å². The van der Waals surface area contributed by atoms with Crippen molar-refractivity contribution in [1.82, 2.24) is 9.88 Å². The summed E-state index contributed by atoms with van der Waals surface area (Å²) in [5, 5.41) is 0.867. The van der Waals surface area contributed by atoms with Crippen LogP contribution in [0, 0.1) is 6.92 Å². The van der Waals surface area contributed by atoms with E-state index in [0.29, 0.717) is 4.88 Å². The number of esters is 1. The predicted octanol–water partition coefficient (Wildman–Crippen LogP) is 1.63. The maximum absolute atomic E-state index is 11.5. The third-order valence-corrected chi connectivity index (χ3v) is 3.83. The van der Waals surface area contributed by atoms with Crippen LogP contribution >= 0.6 is 11.3 Å². The van der Waals surface area contributed by atoms with Crippen LogP contribution in [0.3, 0.4) is 0 Å². The number of rotatable bonds is 6. The van der Waals surface area contributed by atoms with E-state index in [-0.39, 0.29) is 5.97 Å². The van der Waals surface area contributed by atoms with Crippen LogP contribution in [-0.4, -0.2) is 57.2 Å². The third kappa shape index (κ3) is 3.96. The highest BCUT2D eigenvalue weighted by molar-refractivity contribution is 7.17. The van der Waals surface area contributed by atoms with Crippen molar-refractivity contribution in [2.75, 3.05) is 46.2 Å². The standard InChI is InChI=1S/C12H21N3O2S/c1-9-10(11(16)17-5)18-12(13-9)15(4)8-6-7-14(2)3/h6-8H2,1-5H3. The summed E-state index contributed by atoms with van der Waals surface area (Å²) < 4.78 is 4.73. The lowest BCUT2D eigenvalue weighted by Gasteiger charge is -2.17. The first kappa shape index (κ1) is 14.9. The van der Waals surface area contributed by atoms with Gasteiger partial charge in [-0.2, -0.15) is 0 Å². The molecular formula is C12H21N3O2S. The number of aryl methyl sites for hydroxylation is 1. The van der Waals surface area contributed by atoms with Gasteiger partial charge in [-0.25, -0.2) is 9.78 Å². The fourth-order valence-electron chi connectivity index (χ4n) is 1.55. The molecule has 18 heavy (non-hydrogen) atoms. The topological polar surface area (TPSA) is 45.7 Å². The van der Waals surface area contributed by atoms with E-state index in [2.05, 4.69) is 28.9 Å². The highest BCUT2D eigenvalue weighted by atomic mass is 32.1. The molecule has 0 spiro atoms. The quantitative estimate of drug-likeness (QED) is 0.736. The maximum atomic E-state index is 11.5. The minimum Gasteiger partial charge on any atom is -0.465 e. The van der Waals surface area contributed by atoms with E-state index >= 15 is 0 Å². The minimum absolute atomic E-state index is 0.307. The molecule has 102 valence electrons. The fraction of sp³-hybridized carbons (Fsp3) is 0.667. The molecule has 0 fully saturated rings. The summed E-state index contributed by atoms with van der Waals surface area (Å²) in [5.74, 6) is -0.307. The molecule has 0 bridgehead atoms. The molecule has 0 saturated heterocycles. The number of carbonyl (C=O) groups is 1. The van der Waals surface area contributed by atoms with Crippen LogP contribution in [0.1, 0.15) is 21.8 Å². The van der Waals surface area contributed by atoms with Crippen LogP contribution in [0.25, 0.3) is 0 Å². The Morgan fingerprint density at radius 1 is 1.33 bits per heavy atom. The molecule has 1 aromatic rings. The van der Waals surface area contributed by atoms with Crippen molar-refractivity contribution >= 4 is 22.4 Å². The van der Waals surface area contributed by atoms with Gasteiger partial charge >= 0.3 is 5.97 Å². The van der Waals surface area contributed by atoms with Gasteiger partial charge in [0.25, 0.3) is 0 Å². The molecule has 0 radical (unpaired) electrons. The molecule has 1 aromatic heterocycles. The van der Waals surface area contributed by atoms with Gasteiger partial charge in [-0.1, -0.05) is 11.3 Å². The maximum Gasteiger partial charge on any atom is 0.350 e. The number of aromatic nitrogens is 1. The first-order valence-electron chi connectivity index (χ1n) is 5.87. The van der Waals surface area contributed by atoms with Crippen molar-refractivity contribution in [2.24, 2.45) is 0 Å². The molecule has 0 aliphatic carbocycles. The van der Waals surface area contributed by atoms with Gasteiger partial charge in [0, 0.05) is 13.6 Å². The van der Waals surface area contributed by atoms with Crippen LogP contribution in [0.15, 0.2) is 0 Å². The third-order valence-electron chi connectivity index (χ3n) is 2.58. The van der Waals surface area contributed by atoms with Gasteiger partial charge in [0.05, 0.1) is 12.8 Å². The van der Waals surface area contributed by atoms with E-state index in [4.69, 9.17) is 4.74 Å². The average Bonchev–Trinajstić information content (AvgIpc) is 2.70. The normalized spacial score (nSPS) is 10.8. The molecule has 5 nitrogen and oxygen atoms in total. The van der Waals surface area contributed by atoms with Crippen molar-refractivity contribution in [2.45, 2.75) is 13.3 Å². The Kier molecular flexibility index (Phi) is 5.55. The Morgan fingerprint density at radius 3 is 2.56 bits per heavy atom. The van der Waals surface area contributed by atoms with Crippen LogP contribution in [0.5, 0.6) is 0 Å². The van der Waals surface area contributed by atoms with E-state index in [0.717, 1.165) is 30.3 Å². The van der Waals surface area contributed by atoms with Gasteiger partial charge in [0.2, 0.25) is 0 Å². The van der Waals surface area contributed by atoms with Gasteiger partial charge in [0.1, 0.15) is 4.88 Å². The van der Waals surface area contributed by atoms with E-state index in [1.165, 1.54) is 18.4 Å². The minimum atomic E-state index is -0.307. The second kappa shape index (κ2) is 6.70. The van der Waals surface area contributed by atoms with Gasteiger partial charge in [-0.15, -0.1) is 0 Å². The Morgan fingerprint density at radius 2 is 2.00 bits per heavy atom. The summed E-state index contributed by atoms with van der Waals surface area (Å²) in [6.45, 7) is 3.80. The smallest absolute Gasteiger partial charge is 0.350 e. The summed E-state index contributed by atoms with van der Waals surface area (Å²) >= 11 is 1.39. The second-order valence-corrected chi connectivity index (χ2v) is 5.46. The molecular weight excluding hydrogens is 250 g/mol. The molecule has 1 rings (SSSR count). The highest BCUT2D eigenvalue weighted by Crippen LogP contribution is 2.25. The number of hydrogen-bond acceptors (Lipinski definition) is 6. The average molecular weight is 271 g/mol. The highest BCUT2D eigenvalue weighted by Gasteiger charge is 2.17. The summed E-state index contributed by atoms with van der Waals surface area (Å²) in [5.41, 5.74) is 0.737. The van der Waals surface area contributed by atoms with Crippen molar-refractivity contribution in [3.05, 3.63) is 10.6 Å². The zero-order valence-electron chi connectivity index (χ0n) is 11.7. The first-order valence-corrected chi connectivity index (χ1v) is 6.69. The lowest BCUT2D eigenvalue weighted by Crippen LogP contribution is -2.23. The zero-order chi connectivity index (χ0) is 13.7. The molecule has 0 N–H and O–H groups in total. The van der Waals surface area contributed by atoms with Crippen molar-refractivity contribution in [1.29, 1.82) is 0 Å². The fourth-order valence-corrected chi connectivity index (χ4v) is 2.52. The number of hydrogen-bond donors (Lipinski definition) is 0. The Labute approximate surface area is 112 Å². The monoisotopic (exact) mass is 271 g/mol. The Balaban J connectivity index is 2.63. The van der Waals surface area contributed by atoms with Crippen molar-refractivity contribution in [3.63, 3.8) is 0 Å². The molecule has 0 amide bonds. The van der Waals surface area contributed by atoms with Crippen molar-refractivity contribution in [3.8, 4) is 0 Å². The second-order valence-electron chi connectivity index (χ2n) is 4.48. The lowest BCUT2D eigenvalue weighted by molar-refractivity contribution is 0.0605. The van der Waals surface area contributed by atoms with Crippen LogP contribution in [0.4, 0.5) is 5.13 Å². The first-order chi connectivity index (χ1) is 8.45. The van der Waals surface area contributed by atoms with Gasteiger partial charge in [0.15, 0.2) is 5.13 Å². The van der Waals surface area contributed by atoms with Crippen LogP contribution < -0.4 is 4.90 Å². The van der Waals surface area contributed by atoms with Gasteiger partial charge in [-0.05, 0) is 34.0 Å². The summed E-state index contributed by atoms with van der Waals surface area (Å²) in [6.07, 6.45) is 1.07. The number of ether oxygens (including phenoxy) is 1. The molecule has 0 unspecified atom stereocenters. The SMILES string of the molecule is COC(=O)c1sc(N(C)CCCN(C)C)nc1C. The Bertz CT molecular complexity index is 404. The molecule has 0 aliphatic rings. The zero-order valence-corrected chi connectivity index (χ0v) is 12.5. The van der Waals surface area contributed by atoms with E-state index in [1.807, 2.05) is 14.0 Å². The molecule has 0 aliphatic heterocycles. The molecule has 0 aromatic carbocycles.